The molecule has 1 aromatic carbocycles. The largest absolute Gasteiger partial charge is 0.449 e. The Hall–Kier alpha value is -1.61. The van der Waals surface area contributed by atoms with Gasteiger partial charge in [-0.2, -0.15) is 11.3 Å². The highest BCUT2D eigenvalue weighted by Crippen LogP contribution is 2.37. The number of cyclic esters (lactones) is 1. The Morgan fingerprint density at radius 1 is 1.13 bits per heavy atom. The van der Waals surface area contributed by atoms with E-state index in [1.807, 2.05) is 41.1 Å². The van der Waals surface area contributed by atoms with Gasteiger partial charge in [-0.05, 0) is 10.9 Å². The molecule has 0 bridgehead atoms. The van der Waals surface area contributed by atoms with E-state index in [0.29, 0.717) is 5.56 Å². The third-order valence-electron chi connectivity index (χ3n) is 2.52. The molecule has 2 aromatic rings. The first-order chi connectivity index (χ1) is 7.36. The number of hydrogen-bond acceptors (Lipinski definition) is 3. The maximum atomic E-state index is 11.5. The minimum Gasteiger partial charge on any atom is -0.449 e. The van der Waals surface area contributed by atoms with Gasteiger partial charge in [0.05, 0.1) is 5.56 Å². The van der Waals surface area contributed by atoms with Gasteiger partial charge in [-0.3, -0.25) is 0 Å². The summed E-state index contributed by atoms with van der Waals surface area (Å²) in [7, 11) is 0. The van der Waals surface area contributed by atoms with Crippen LogP contribution in [0.5, 0.6) is 0 Å². The van der Waals surface area contributed by atoms with E-state index in [0.717, 1.165) is 11.1 Å². The molecule has 1 aromatic heterocycles. The van der Waals surface area contributed by atoms with Crippen molar-refractivity contribution < 1.29 is 9.53 Å². The lowest BCUT2D eigenvalue weighted by molar-refractivity contribution is 0.0455. The van der Waals surface area contributed by atoms with Crippen molar-refractivity contribution in [2.75, 3.05) is 0 Å². The lowest BCUT2D eigenvalue weighted by Crippen LogP contribution is -2.00. The van der Waals surface area contributed by atoms with Crippen LogP contribution in [0.25, 0.3) is 0 Å². The first-order valence-electron chi connectivity index (χ1n) is 4.68. The van der Waals surface area contributed by atoms with Crippen LogP contribution < -0.4 is 0 Å². The summed E-state index contributed by atoms with van der Waals surface area (Å²) in [4.78, 5) is 11.5. The van der Waals surface area contributed by atoms with Crippen LogP contribution in [-0.2, 0) is 4.74 Å². The van der Waals surface area contributed by atoms with Crippen molar-refractivity contribution in [1.29, 1.82) is 0 Å². The van der Waals surface area contributed by atoms with Gasteiger partial charge in [-0.1, -0.05) is 30.3 Å². The molecule has 2 heterocycles. The molecule has 3 rings (SSSR count). The summed E-state index contributed by atoms with van der Waals surface area (Å²) in [5, 5.41) is 3.83. The lowest BCUT2D eigenvalue weighted by Gasteiger charge is -2.09. The van der Waals surface area contributed by atoms with E-state index >= 15 is 0 Å². The summed E-state index contributed by atoms with van der Waals surface area (Å²) in [5.41, 5.74) is 2.74. The number of fused-ring (bicyclic) bond motifs is 1. The summed E-state index contributed by atoms with van der Waals surface area (Å²) >= 11 is 1.54. The van der Waals surface area contributed by atoms with Gasteiger partial charge in [0.15, 0.2) is 6.10 Å². The van der Waals surface area contributed by atoms with Gasteiger partial charge in [0.25, 0.3) is 0 Å². The molecule has 0 saturated carbocycles. The predicted octanol–water partition coefficient (Wildman–Crippen LogP) is 3.01. The Morgan fingerprint density at radius 2 is 1.93 bits per heavy atom. The molecule has 2 nitrogen and oxygen atoms in total. The highest BCUT2D eigenvalue weighted by atomic mass is 32.1. The first kappa shape index (κ1) is 8.68. The van der Waals surface area contributed by atoms with Crippen molar-refractivity contribution in [3.63, 3.8) is 0 Å². The average molecular weight is 216 g/mol. The van der Waals surface area contributed by atoms with Gasteiger partial charge in [0, 0.05) is 10.9 Å². The zero-order valence-electron chi connectivity index (χ0n) is 7.84. The second kappa shape index (κ2) is 3.21. The molecule has 1 aliphatic heterocycles. The van der Waals surface area contributed by atoms with Gasteiger partial charge < -0.3 is 4.74 Å². The molecule has 0 radical (unpaired) electrons. The second-order valence-electron chi connectivity index (χ2n) is 3.44. The van der Waals surface area contributed by atoms with E-state index in [1.165, 1.54) is 0 Å². The molecule has 1 unspecified atom stereocenters. The number of rotatable bonds is 1. The van der Waals surface area contributed by atoms with E-state index in [4.69, 9.17) is 4.74 Å². The van der Waals surface area contributed by atoms with Crippen LogP contribution in [0.15, 0.2) is 41.1 Å². The standard InChI is InChI=1S/C12H8O2S/c13-12-10-7-15-6-9(10)11(14-12)8-4-2-1-3-5-8/h1-7,11H. The van der Waals surface area contributed by atoms with Crippen molar-refractivity contribution in [2.24, 2.45) is 0 Å². The molecule has 74 valence electrons. The van der Waals surface area contributed by atoms with Crippen LogP contribution in [0.2, 0.25) is 0 Å². The van der Waals surface area contributed by atoms with Gasteiger partial charge in [0.1, 0.15) is 0 Å². The van der Waals surface area contributed by atoms with Crippen LogP contribution in [0.1, 0.15) is 27.6 Å². The van der Waals surface area contributed by atoms with Crippen molar-refractivity contribution in [1.82, 2.24) is 0 Å². The molecule has 0 N–H and O–H groups in total. The van der Waals surface area contributed by atoms with Crippen molar-refractivity contribution in [3.05, 3.63) is 57.8 Å². The number of hydrogen-bond donors (Lipinski definition) is 0. The quantitative estimate of drug-likeness (QED) is 0.685. The number of thiophene rings is 1. The van der Waals surface area contributed by atoms with Gasteiger partial charge >= 0.3 is 5.97 Å². The molecule has 15 heavy (non-hydrogen) atoms. The van der Waals surface area contributed by atoms with E-state index in [9.17, 15) is 4.79 Å². The molecule has 1 aliphatic rings. The summed E-state index contributed by atoms with van der Waals surface area (Å²) in [6.07, 6.45) is -0.208. The fourth-order valence-corrected chi connectivity index (χ4v) is 2.62. The number of carbonyl (C=O) groups excluding carboxylic acids is 1. The molecule has 0 fully saturated rings. The first-order valence-corrected chi connectivity index (χ1v) is 5.62. The number of benzene rings is 1. The molecule has 1 atom stereocenters. The van der Waals surface area contributed by atoms with Gasteiger partial charge in [-0.15, -0.1) is 0 Å². The second-order valence-corrected chi connectivity index (χ2v) is 4.18. The molecule has 0 aliphatic carbocycles. The van der Waals surface area contributed by atoms with Crippen LogP contribution in [0, 0.1) is 0 Å². The maximum Gasteiger partial charge on any atom is 0.340 e. The number of esters is 1. The van der Waals surface area contributed by atoms with Gasteiger partial charge in [-0.25, -0.2) is 4.79 Å². The molecule has 0 saturated heterocycles. The monoisotopic (exact) mass is 216 g/mol. The summed E-state index contributed by atoms with van der Waals surface area (Å²) in [6.45, 7) is 0. The Bertz CT molecular complexity index is 501. The highest BCUT2D eigenvalue weighted by Gasteiger charge is 2.32. The smallest absolute Gasteiger partial charge is 0.340 e. The summed E-state index contributed by atoms with van der Waals surface area (Å²) in [5.74, 6) is -0.208. The minimum absolute atomic E-state index is 0.208. The lowest BCUT2D eigenvalue weighted by atomic mass is 10.0. The average Bonchev–Trinajstić information content (AvgIpc) is 2.84. The van der Waals surface area contributed by atoms with Crippen LogP contribution in [-0.4, -0.2) is 5.97 Å². The Kier molecular flexibility index (Phi) is 1.86. The van der Waals surface area contributed by atoms with E-state index in [2.05, 4.69) is 0 Å². The van der Waals surface area contributed by atoms with Crippen molar-refractivity contribution in [2.45, 2.75) is 6.10 Å². The molecular formula is C12H8O2S. The third kappa shape index (κ3) is 1.27. The van der Waals surface area contributed by atoms with Crippen LogP contribution in [0.4, 0.5) is 0 Å². The third-order valence-corrected chi connectivity index (χ3v) is 3.28. The van der Waals surface area contributed by atoms with Crippen molar-refractivity contribution >= 4 is 17.3 Å². The van der Waals surface area contributed by atoms with Crippen molar-refractivity contribution in [3.8, 4) is 0 Å². The maximum absolute atomic E-state index is 11.5. The minimum atomic E-state index is -0.208. The normalized spacial score (nSPS) is 18.7. The Balaban J connectivity index is 2.09. The predicted molar refractivity (Wildman–Crippen MR) is 58.0 cm³/mol. The molecule has 0 amide bonds. The highest BCUT2D eigenvalue weighted by molar-refractivity contribution is 7.08. The van der Waals surface area contributed by atoms with Crippen LogP contribution in [0.3, 0.4) is 0 Å². The van der Waals surface area contributed by atoms with Gasteiger partial charge in [0.2, 0.25) is 0 Å². The number of ether oxygens (including phenoxy) is 1. The molecule has 0 spiro atoms. The Morgan fingerprint density at radius 3 is 2.73 bits per heavy atom. The topological polar surface area (TPSA) is 26.3 Å². The Labute approximate surface area is 91.1 Å². The molecular weight excluding hydrogens is 208 g/mol. The zero-order chi connectivity index (χ0) is 10.3. The zero-order valence-corrected chi connectivity index (χ0v) is 8.66. The fourth-order valence-electron chi connectivity index (χ4n) is 1.79. The molecule has 3 heteroatoms. The fraction of sp³-hybridized carbons (Fsp3) is 0.0833. The van der Waals surface area contributed by atoms with E-state index in [1.54, 1.807) is 11.3 Å². The SMILES string of the molecule is O=C1OC(c2ccccc2)c2cscc21. The summed E-state index contributed by atoms with van der Waals surface area (Å²) < 4.78 is 5.33. The van der Waals surface area contributed by atoms with Crippen LogP contribution >= 0.6 is 11.3 Å². The summed E-state index contributed by atoms with van der Waals surface area (Å²) in [6, 6.07) is 9.81. The van der Waals surface area contributed by atoms with E-state index in [-0.39, 0.29) is 12.1 Å². The van der Waals surface area contributed by atoms with E-state index < -0.39 is 0 Å². The number of carbonyl (C=O) groups is 1.